The Morgan fingerprint density at radius 1 is 1.37 bits per heavy atom. The zero-order chi connectivity index (χ0) is 13.7. The van der Waals surface area contributed by atoms with Crippen LogP contribution in [-0.2, 0) is 12.3 Å². The van der Waals surface area contributed by atoms with E-state index in [0.29, 0.717) is 12.0 Å². The van der Waals surface area contributed by atoms with E-state index in [9.17, 15) is 0 Å². The third-order valence-electron chi connectivity index (χ3n) is 3.53. The van der Waals surface area contributed by atoms with Gasteiger partial charge in [-0.1, -0.05) is 13.3 Å². The number of ether oxygens (including phenoxy) is 1. The molecule has 0 saturated carbocycles. The molecule has 1 aromatic rings. The van der Waals surface area contributed by atoms with Gasteiger partial charge in [0.1, 0.15) is 6.10 Å². The molecule has 2 heterocycles. The first kappa shape index (κ1) is 14.6. The Morgan fingerprint density at radius 3 is 2.74 bits per heavy atom. The van der Waals surface area contributed by atoms with Crippen molar-refractivity contribution in [1.82, 2.24) is 9.88 Å². The van der Waals surface area contributed by atoms with Gasteiger partial charge >= 0.3 is 0 Å². The molecule has 1 aromatic heterocycles. The lowest BCUT2D eigenvalue weighted by molar-refractivity contribution is 0.109. The van der Waals surface area contributed by atoms with Crippen LogP contribution >= 0.6 is 11.6 Å². The molecule has 0 amide bonds. The normalized spacial score (nSPS) is 17.6. The Hall–Kier alpha value is -0.800. The summed E-state index contributed by atoms with van der Waals surface area (Å²) in [6.07, 6.45) is 4.52. The van der Waals surface area contributed by atoms with Crippen LogP contribution < -0.4 is 4.74 Å². The van der Waals surface area contributed by atoms with Crippen LogP contribution in [0.5, 0.6) is 5.88 Å². The molecule has 19 heavy (non-hydrogen) atoms. The summed E-state index contributed by atoms with van der Waals surface area (Å²) in [5.41, 5.74) is 2.19. The minimum atomic E-state index is 0.295. The number of likely N-dealkylation sites (tertiary alicyclic amines) is 1. The van der Waals surface area contributed by atoms with Gasteiger partial charge in [-0.05, 0) is 37.9 Å². The average molecular weight is 283 g/mol. The maximum Gasteiger partial charge on any atom is 0.214 e. The number of nitrogens with zero attached hydrogens (tertiary/aromatic N) is 2. The van der Waals surface area contributed by atoms with Gasteiger partial charge in [0.15, 0.2) is 0 Å². The lowest BCUT2D eigenvalue weighted by Gasteiger charge is -2.29. The molecule has 1 aliphatic rings. The van der Waals surface area contributed by atoms with Crippen LogP contribution in [0.15, 0.2) is 12.1 Å². The van der Waals surface area contributed by atoms with E-state index in [1.165, 1.54) is 0 Å². The number of aromatic nitrogens is 1. The number of piperidine rings is 1. The summed E-state index contributed by atoms with van der Waals surface area (Å²) >= 11 is 5.94. The zero-order valence-corrected chi connectivity index (χ0v) is 12.6. The predicted molar refractivity (Wildman–Crippen MR) is 78.9 cm³/mol. The van der Waals surface area contributed by atoms with Crippen LogP contribution in [0.25, 0.3) is 0 Å². The van der Waals surface area contributed by atoms with E-state index in [1.807, 2.05) is 6.07 Å². The standard InChI is InChI=1S/C15H23ClN2O/c1-3-4-13-9-12(11-16)10-15(17-13)19-14-5-7-18(2)8-6-14/h9-10,14H,3-8,11H2,1-2H3. The van der Waals surface area contributed by atoms with Gasteiger partial charge in [-0.2, -0.15) is 0 Å². The van der Waals surface area contributed by atoms with Gasteiger partial charge in [-0.25, -0.2) is 4.98 Å². The quantitative estimate of drug-likeness (QED) is 0.775. The largest absolute Gasteiger partial charge is 0.474 e. The molecule has 0 radical (unpaired) electrons. The highest BCUT2D eigenvalue weighted by atomic mass is 35.5. The van der Waals surface area contributed by atoms with E-state index >= 15 is 0 Å². The molecule has 0 atom stereocenters. The summed E-state index contributed by atoms with van der Waals surface area (Å²) in [5, 5.41) is 0. The molecular weight excluding hydrogens is 260 g/mol. The predicted octanol–water partition coefficient (Wildman–Crippen LogP) is 3.25. The van der Waals surface area contributed by atoms with Crippen molar-refractivity contribution in [3.63, 3.8) is 0 Å². The topological polar surface area (TPSA) is 25.4 Å². The lowest BCUT2D eigenvalue weighted by atomic mass is 10.1. The fraction of sp³-hybridized carbons (Fsp3) is 0.667. The van der Waals surface area contributed by atoms with E-state index in [-0.39, 0.29) is 0 Å². The smallest absolute Gasteiger partial charge is 0.214 e. The highest BCUT2D eigenvalue weighted by molar-refractivity contribution is 6.17. The molecule has 0 bridgehead atoms. The number of aryl methyl sites for hydroxylation is 1. The van der Waals surface area contributed by atoms with Gasteiger partial charge < -0.3 is 9.64 Å². The van der Waals surface area contributed by atoms with Crippen LogP contribution in [-0.4, -0.2) is 36.1 Å². The fourth-order valence-electron chi connectivity index (χ4n) is 2.42. The molecule has 1 aliphatic heterocycles. The highest BCUT2D eigenvalue weighted by Gasteiger charge is 2.18. The minimum absolute atomic E-state index is 0.295. The van der Waals surface area contributed by atoms with Crippen molar-refractivity contribution in [3.8, 4) is 5.88 Å². The van der Waals surface area contributed by atoms with Gasteiger partial charge in [-0.3, -0.25) is 0 Å². The summed E-state index contributed by atoms with van der Waals surface area (Å²) < 4.78 is 6.04. The molecular formula is C15H23ClN2O. The van der Waals surface area contributed by atoms with Crippen LogP contribution in [0.2, 0.25) is 0 Å². The summed E-state index contributed by atoms with van der Waals surface area (Å²) in [4.78, 5) is 6.93. The molecule has 3 nitrogen and oxygen atoms in total. The van der Waals surface area contributed by atoms with E-state index in [4.69, 9.17) is 16.3 Å². The summed E-state index contributed by atoms with van der Waals surface area (Å²) in [6, 6.07) is 4.06. The maximum absolute atomic E-state index is 6.04. The SMILES string of the molecule is CCCc1cc(CCl)cc(OC2CCN(C)CC2)n1. The second-order valence-corrected chi connectivity index (χ2v) is 5.58. The molecule has 0 unspecified atom stereocenters. The van der Waals surface area contributed by atoms with Crippen LogP contribution in [0.1, 0.15) is 37.4 Å². The van der Waals surface area contributed by atoms with Crippen LogP contribution in [0, 0.1) is 0 Å². The monoisotopic (exact) mass is 282 g/mol. The van der Waals surface area contributed by atoms with Gasteiger partial charge in [0.2, 0.25) is 5.88 Å². The zero-order valence-electron chi connectivity index (χ0n) is 11.9. The molecule has 0 aliphatic carbocycles. The van der Waals surface area contributed by atoms with Crippen molar-refractivity contribution >= 4 is 11.6 Å². The third-order valence-corrected chi connectivity index (χ3v) is 3.84. The molecule has 2 rings (SSSR count). The van der Waals surface area contributed by atoms with Crippen molar-refractivity contribution in [1.29, 1.82) is 0 Å². The Bertz CT molecular complexity index is 403. The van der Waals surface area contributed by atoms with Gasteiger partial charge in [-0.15, -0.1) is 11.6 Å². The Kier molecular flexibility index (Phi) is 5.46. The van der Waals surface area contributed by atoms with E-state index in [2.05, 4.69) is 29.9 Å². The van der Waals surface area contributed by atoms with E-state index < -0.39 is 0 Å². The first-order chi connectivity index (χ1) is 9.21. The summed E-state index contributed by atoms with van der Waals surface area (Å²) in [5.74, 6) is 1.26. The third kappa shape index (κ3) is 4.36. The number of pyridine rings is 1. The molecule has 1 fully saturated rings. The molecule has 4 heteroatoms. The number of rotatable bonds is 5. The number of alkyl halides is 1. The van der Waals surface area contributed by atoms with Crippen LogP contribution in [0.4, 0.5) is 0 Å². The Labute approximate surface area is 120 Å². The van der Waals surface area contributed by atoms with Crippen molar-refractivity contribution in [2.45, 2.75) is 44.6 Å². The van der Waals surface area contributed by atoms with E-state index in [1.54, 1.807) is 0 Å². The maximum atomic E-state index is 6.04. The minimum Gasteiger partial charge on any atom is -0.474 e. The fourth-order valence-corrected chi connectivity index (χ4v) is 2.57. The molecule has 0 aromatic carbocycles. The van der Waals surface area contributed by atoms with Crippen LogP contribution in [0.3, 0.4) is 0 Å². The number of hydrogen-bond donors (Lipinski definition) is 0. The van der Waals surface area contributed by atoms with Gasteiger partial charge in [0.25, 0.3) is 0 Å². The second kappa shape index (κ2) is 7.11. The Morgan fingerprint density at radius 2 is 2.11 bits per heavy atom. The van der Waals surface area contributed by atoms with Crippen molar-refractivity contribution in [2.24, 2.45) is 0 Å². The van der Waals surface area contributed by atoms with Gasteiger partial charge in [0.05, 0.1) is 0 Å². The first-order valence-corrected chi connectivity index (χ1v) is 7.65. The van der Waals surface area contributed by atoms with Crippen molar-refractivity contribution in [3.05, 3.63) is 23.4 Å². The highest BCUT2D eigenvalue weighted by Crippen LogP contribution is 2.20. The first-order valence-electron chi connectivity index (χ1n) is 7.12. The number of hydrogen-bond acceptors (Lipinski definition) is 3. The van der Waals surface area contributed by atoms with Crippen molar-refractivity contribution in [2.75, 3.05) is 20.1 Å². The average Bonchev–Trinajstić information content (AvgIpc) is 2.41. The second-order valence-electron chi connectivity index (χ2n) is 5.31. The van der Waals surface area contributed by atoms with E-state index in [0.717, 1.165) is 55.9 Å². The molecule has 0 spiro atoms. The van der Waals surface area contributed by atoms with Gasteiger partial charge in [0, 0.05) is 30.7 Å². The molecule has 106 valence electrons. The van der Waals surface area contributed by atoms with Crippen molar-refractivity contribution < 1.29 is 4.74 Å². The lowest BCUT2D eigenvalue weighted by Crippen LogP contribution is -2.35. The summed E-state index contributed by atoms with van der Waals surface area (Å²) in [6.45, 7) is 4.36. The summed E-state index contributed by atoms with van der Waals surface area (Å²) in [7, 11) is 2.15. The Balaban J connectivity index is 2.04. The number of halogens is 1. The molecule has 0 N–H and O–H groups in total. The molecule has 1 saturated heterocycles.